The van der Waals surface area contributed by atoms with Gasteiger partial charge in [0.2, 0.25) is 11.8 Å². The van der Waals surface area contributed by atoms with Gasteiger partial charge in [-0.1, -0.05) is 12.1 Å². The molecule has 120 valence electrons. The van der Waals surface area contributed by atoms with Crippen molar-refractivity contribution in [1.29, 1.82) is 0 Å². The molecule has 1 aromatic carbocycles. The van der Waals surface area contributed by atoms with Gasteiger partial charge in [-0.25, -0.2) is 0 Å². The van der Waals surface area contributed by atoms with Crippen LogP contribution in [0, 0.1) is 0 Å². The molecule has 4 nitrogen and oxygen atoms in total. The van der Waals surface area contributed by atoms with Crippen molar-refractivity contribution >= 4 is 11.8 Å². The Balaban J connectivity index is 1.93. The van der Waals surface area contributed by atoms with Gasteiger partial charge in [-0.05, 0) is 31.0 Å². The van der Waals surface area contributed by atoms with E-state index < -0.39 is 17.8 Å². The summed E-state index contributed by atoms with van der Waals surface area (Å²) in [6.07, 6.45) is -3.54. The molecule has 0 saturated carbocycles. The number of hydrogen-bond acceptors (Lipinski definition) is 2. The minimum Gasteiger partial charge on any atom is -0.350 e. The molecular formula is C15H17F3N2O2. The monoisotopic (exact) mass is 314 g/mol. The largest absolute Gasteiger partial charge is 0.416 e. The topological polar surface area (TPSA) is 49.4 Å². The average Bonchev–Trinajstić information content (AvgIpc) is 2.85. The maximum atomic E-state index is 12.4. The molecule has 0 unspecified atom stereocenters. The van der Waals surface area contributed by atoms with E-state index in [9.17, 15) is 22.8 Å². The molecule has 2 amide bonds. The summed E-state index contributed by atoms with van der Waals surface area (Å²) in [6.45, 7) is 2.41. The van der Waals surface area contributed by atoms with Crippen LogP contribution >= 0.6 is 0 Å². The van der Waals surface area contributed by atoms with Gasteiger partial charge < -0.3 is 10.2 Å². The van der Waals surface area contributed by atoms with Gasteiger partial charge >= 0.3 is 6.18 Å². The summed E-state index contributed by atoms with van der Waals surface area (Å²) in [5, 5.41) is 2.67. The van der Waals surface area contributed by atoms with Crippen LogP contribution in [0.3, 0.4) is 0 Å². The van der Waals surface area contributed by atoms with E-state index in [4.69, 9.17) is 0 Å². The summed E-state index contributed by atoms with van der Waals surface area (Å²) in [6, 6.07) is 4.16. The molecule has 1 aliphatic rings. The Morgan fingerprint density at radius 1 is 1.32 bits per heavy atom. The molecule has 1 atom stereocenters. The molecular weight excluding hydrogens is 297 g/mol. The van der Waals surface area contributed by atoms with Crippen LogP contribution in [-0.4, -0.2) is 29.3 Å². The van der Waals surface area contributed by atoms with Gasteiger partial charge in [0.25, 0.3) is 0 Å². The second-order valence-corrected chi connectivity index (χ2v) is 5.15. The Bertz CT molecular complexity index is 555. The number of alkyl halides is 3. The van der Waals surface area contributed by atoms with Crippen LogP contribution in [0.2, 0.25) is 0 Å². The second kappa shape index (κ2) is 6.37. The highest BCUT2D eigenvalue weighted by molar-refractivity contribution is 5.90. The number of halogens is 3. The molecule has 1 fully saturated rings. The molecule has 1 N–H and O–H groups in total. The van der Waals surface area contributed by atoms with E-state index in [-0.39, 0.29) is 18.4 Å². The zero-order valence-electron chi connectivity index (χ0n) is 12.1. The summed E-state index contributed by atoms with van der Waals surface area (Å²) in [7, 11) is 0. The maximum absolute atomic E-state index is 12.4. The van der Waals surface area contributed by atoms with Crippen LogP contribution in [-0.2, 0) is 22.3 Å². The first kappa shape index (κ1) is 16.3. The number of rotatable bonds is 4. The van der Waals surface area contributed by atoms with Crippen molar-refractivity contribution in [2.24, 2.45) is 0 Å². The fourth-order valence-corrected chi connectivity index (χ4v) is 2.52. The Morgan fingerprint density at radius 2 is 1.95 bits per heavy atom. The SMILES string of the molecule is CCN1C(=O)CC[C@H]1C(=O)NCc1ccc(C(F)(F)F)cc1. The van der Waals surface area contributed by atoms with Crippen molar-refractivity contribution in [2.45, 2.75) is 38.5 Å². The average molecular weight is 314 g/mol. The first-order valence-corrected chi connectivity index (χ1v) is 7.06. The van der Waals surface area contributed by atoms with Crippen molar-refractivity contribution in [1.82, 2.24) is 10.2 Å². The van der Waals surface area contributed by atoms with E-state index in [0.29, 0.717) is 24.9 Å². The van der Waals surface area contributed by atoms with E-state index >= 15 is 0 Å². The number of carbonyl (C=O) groups is 2. The number of hydrogen-bond donors (Lipinski definition) is 1. The smallest absolute Gasteiger partial charge is 0.350 e. The summed E-state index contributed by atoms with van der Waals surface area (Å²) in [5.41, 5.74) is -0.144. The second-order valence-electron chi connectivity index (χ2n) is 5.15. The van der Waals surface area contributed by atoms with Crippen molar-refractivity contribution in [2.75, 3.05) is 6.54 Å². The normalized spacial score (nSPS) is 18.6. The number of carbonyl (C=O) groups excluding carboxylic acids is 2. The molecule has 7 heteroatoms. The molecule has 0 spiro atoms. The minimum absolute atomic E-state index is 0.0443. The van der Waals surface area contributed by atoms with E-state index in [1.54, 1.807) is 6.92 Å². The van der Waals surface area contributed by atoms with Crippen LogP contribution in [0.5, 0.6) is 0 Å². The number of likely N-dealkylation sites (tertiary alicyclic amines) is 1. The van der Waals surface area contributed by atoms with Gasteiger partial charge in [-0.3, -0.25) is 9.59 Å². The first-order chi connectivity index (χ1) is 10.3. The van der Waals surface area contributed by atoms with Crippen molar-refractivity contribution in [3.05, 3.63) is 35.4 Å². The lowest BCUT2D eigenvalue weighted by Gasteiger charge is -2.22. The van der Waals surface area contributed by atoms with Crippen LogP contribution in [0.1, 0.15) is 30.9 Å². The highest BCUT2D eigenvalue weighted by atomic mass is 19.4. The summed E-state index contributed by atoms with van der Waals surface area (Å²) in [5.74, 6) is -0.315. The van der Waals surface area contributed by atoms with E-state index in [0.717, 1.165) is 12.1 Å². The predicted molar refractivity (Wildman–Crippen MR) is 73.7 cm³/mol. The van der Waals surface area contributed by atoms with Gasteiger partial charge in [0.1, 0.15) is 6.04 Å². The van der Waals surface area contributed by atoms with Gasteiger partial charge in [-0.2, -0.15) is 13.2 Å². The fourth-order valence-electron chi connectivity index (χ4n) is 2.52. The molecule has 0 aromatic heterocycles. The van der Waals surface area contributed by atoms with Crippen LogP contribution in [0.15, 0.2) is 24.3 Å². The number of benzene rings is 1. The zero-order chi connectivity index (χ0) is 16.3. The lowest BCUT2D eigenvalue weighted by molar-refractivity contribution is -0.137. The highest BCUT2D eigenvalue weighted by Crippen LogP contribution is 2.29. The summed E-state index contributed by atoms with van der Waals surface area (Å²) in [4.78, 5) is 25.2. The molecule has 1 aromatic rings. The Kier molecular flexibility index (Phi) is 4.73. The van der Waals surface area contributed by atoms with Crippen molar-refractivity contribution < 1.29 is 22.8 Å². The lowest BCUT2D eigenvalue weighted by Crippen LogP contribution is -2.44. The number of likely N-dealkylation sites (N-methyl/N-ethyl adjacent to an activating group) is 1. The third-order valence-electron chi connectivity index (χ3n) is 3.72. The Morgan fingerprint density at radius 3 is 2.50 bits per heavy atom. The van der Waals surface area contributed by atoms with Gasteiger partial charge in [0, 0.05) is 19.5 Å². The molecule has 1 heterocycles. The standard InChI is InChI=1S/C15H17F3N2O2/c1-2-20-12(7-8-13(20)21)14(22)19-9-10-3-5-11(6-4-10)15(16,17)18/h3-6,12H,2,7-9H2,1H3,(H,19,22)/t12-/m0/s1. The lowest BCUT2D eigenvalue weighted by atomic mass is 10.1. The quantitative estimate of drug-likeness (QED) is 0.927. The number of amides is 2. The van der Waals surface area contributed by atoms with Crippen molar-refractivity contribution in [3.63, 3.8) is 0 Å². The summed E-state index contributed by atoms with van der Waals surface area (Å²) >= 11 is 0. The van der Waals surface area contributed by atoms with Crippen molar-refractivity contribution in [3.8, 4) is 0 Å². The molecule has 1 saturated heterocycles. The molecule has 1 aliphatic heterocycles. The Hall–Kier alpha value is -2.05. The third-order valence-corrected chi connectivity index (χ3v) is 3.72. The van der Waals surface area contributed by atoms with Crippen LogP contribution in [0.4, 0.5) is 13.2 Å². The van der Waals surface area contributed by atoms with Gasteiger partial charge in [0.15, 0.2) is 0 Å². The zero-order valence-corrected chi connectivity index (χ0v) is 12.1. The predicted octanol–water partition coefficient (Wildman–Crippen LogP) is 2.33. The number of nitrogens with zero attached hydrogens (tertiary/aromatic N) is 1. The summed E-state index contributed by atoms with van der Waals surface area (Å²) < 4.78 is 37.3. The Labute approximate surface area is 126 Å². The maximum Gasteiger partial charge on any atom is 0.416 e. The van der Waals surface area contributed by atoms with E-state index in [1.807, 2.05) is 0 Å². The minimum atomic E-state index is -4.37. The third kappa shape index (κ3) is 3.58. The van der Waals surface area contributed by atoms with E-state index in [1.165, 1.54) is 17.0 Å². The molecule has 2 rings (SSSR count). The van der Waals surface area contributed by atoms with Gasteiger partial charge in [-0.15, -0.1) is 0 Å². The van der Waals surface area contributed by atoms with Crippen LogP contribution < -0.4 is 5.32 Å². The fraction of sp³-hybridized carbons (Fsp3) is 0.467. The van der Waals surface area contributed by atoms with Gasteiger partial charge in [0.05, 0.1) is 5.56 Å². The van der Waals surface area contributed by atoms with Crippen LogP contribution in [0.25, 0.3) is 0 Å². The first-order valence-electron chi connectivity index (χ1n) is 7.06. The molecule has 0 bridgehead atoms. The number of nitrogens with one attached hydrogen (secondary N) is 1. The van der Waals surface area contributed by atoms with E-state index in [2.05, 4.69) is 5.32 Å². The molecule has 0 aliphatic carbocycles. The highest BCUT2D eigenvalue weighted by Gasteiger charge is 2.34. The molecule has 0 radical (unpaired) electrons. The molecule has 22 heavy (non-hydrogen) atoms.